The molecule has 0 atom stereocenters. The summed E-state index contributed by atoms with van der Waals surface area (Å²) in [6, 6.07) is 12.8. The third-order valence-electron chi connectivity index (χ3n) is 4.21. The minimum Gasteiger partial charge on any atom is -0.339 e. The number of nitrogens with one attached hydrogen (secondary N) is 2. The van der Waals surface area contributed by atoms with E-state index in [9.17, 15) is 9.59 Å². The molecule has 8 nitrogen and oxygen atoms in total. The number of fused-ring (bicyclic) bond motifs is 1. The quantitative estimate of drug-likeness (QED) is 0.554. The molecule has 0 spiro atoms. The van der Waals surface area contributed by atoms with Gasteiger partial charge in [-0.3, -0.25) is 9.59 Å². The van der Waals surface area contributed by atoms with Crippen molar-refractivity contribution in [3.8, 4) is 11.4 Å². The van der Waals surface area contributed by atoms with E-state index in [1.54, 1.807) is 30.5 Å². The summed E-state index contributed by atoms with van der Waals surface area (Å²) in [6.45, 7) is 1.96. The number of pyridine rings is 2. The molecule has 0 aliphatic rings. The van der Waals surface area contributed by atoms with E-state index in [1.807, 2.05) is 25.1 Å². The van der Waals surface area contributed by atoms with Gasteiger partial charge in [-0.2, -0.15) is 4.98 Å². The summed E-state index contributed by atoms with van der Waals surface area (Å²) in [5.41, 5.74) is 1.84. The summed E-state index contributed by atoms with van der Waals surface area (Å²) in [4.78, 5) is 35.5. The van der Waals surface area contributed by atoms with Crippen LogP contribution in [0, 0.1) is 6.92 Å². The van der Waals surface area contributed by atoms with Crippen molar-refractivity contribution >= 4 is 22.6 Å². The van der Waals surface area contributed by atoms with E-state index in [2.05, 4.69) is 25.4 Å². The topological polar surface area (TPSA) is 114 Å². The average molecular weight is 375 g/mol. The van der Waals surface area contributed by atoms with Crippen LogP contribution in [0.1, 0.15) is 17.9 Å². The molecule has 140 valence electrons. The molecule has 0 aliphatic heterocycles. The van der Waals surface area contributed by atoms with E-state index in [0.717, 1.165) is 16.5 Å². The monoisotopic (exact) mass is 375 g/mol. The first kappa shape index (κ1) is 17.6. The van der Waals surface area contributed by atoms with Gasteiger partial charge in [0.15, 0.2) is 0 Å². The maximum Gasteiger partial charge on any atom is 0.259 e. The maximum absolute atomic E-state index is 12.4. The first-order valence-electron chi connectivity index (χ1n) is 8.76. The minimum absolute atomic E-state index is 0.158. The van der Waals surface area contributed by atoms with Gasteiger partial charge in [-0.25, -0.2) is 4.98 Å². The Kier molecular flexibility index (Phi) is 4.67. The first-order valence-corrected chi connectivity index (χ1v) is 8.76. The number of nitrogens with zero attached hydrogens (tertiary/aromatic N) is 3. The Labute approximate surface area is 159 Å². The molecular weight excluding hydrogens is 358 g/mol. The fraction of sp³-hybridized carbons (Fsp3) is 0.150. The second-order valence-corrected chi connectivity index (χ2v) is 6.38. The van der Waals surface area contributed by atoms with Crippen LogP contribution in [0.3, 0.4) is 0 Å². The normalized spacial score (nSPS) is 10.9. The van der Waals surface area contributed by atoms with E-state index in [4.69, 9.17) is 4.52 Å². The summed E-state index contributed by atoms with van der Waals surface area (Å²) >= 11 is 0. The maximum atomic E-state index is 12.4. The number of H-pyrrole nitrogens is 1. The number of hydrogen-bond donors (Lipinski definition) is 2. The zero-order chi connectivity index (χ0) is 19.5. The van der Waals surface area contributed by atoms with Gasteiger partial charge in [0.05, 0.1) is 5.56 Å². The Morgan fingerprint density at radius 2 is 2.11 bits per heavy atom. The lowest BCUT2D eigenvalue weighted by Crippen LogP contribution is -2.13. The Balaban J connectivity index is 1.48. The highest BCUT2D eigenvalue weighted by Gasteiger charge is 2.14. The van der Waals surface area contributed by atoms with Gasteiger partial charge in [-0.15, -0.1) is 0 Å². The van der Waals surface area contributed by atoms with Crippen LogP contribution in [-0.4, -0.2) is 26.0 Å². The van der Waals surface area contributed by atoms with Crippen LogP contribution >= 0.6 is 0 Å². The molecule has 0 fully saturated rings. The highest BCUT2D eigenvalue weighted by molar-refractivity contribution is 5.89. The fourth-order valence-electron chi connectivity index (χ4n) is 2.81. The number of hydrogen-bond acceptors (Lipinski definition) is 6. The van der Waals surface area contributed by atoms with E-state index in [0.29, 0.717) is 11.4 Å². The molecule has 0 unspecified atom stereocenters. The van der Waals surface area contributed by atoms with Crippen molar-refractivity contribution in [2.75, 3.05) is 5.32 Å². The molecule has 1 amide bonds. The SMILES string of the molecule is Cc1ccc2cc(-c3noc(CCC(=O)Nc4ccccn4)n3)c(=O)[nH]c2c1. The van der Waals surface area contributed by atoms with E-state index >= 15 is 0 Å². The van der Waals surface area contributed by atoms with Crippen molar-refractivity contribution in [2.24, 2.45) is 0 Å². The predicted octanol–water partition coefficient (Wildman–Crippen LogP) is 2.85. The number of anilines is 1. The summed E-state index contributed by atoms with van der Waals surface area (Å²) in [6.07, 6.45) is 2.02. The molecule has 8 heteroatoms. The molecule has 3 heterocycles. The van der Waals surface area contributed by atoms with Crippen LogP contribution in [0.15, 0.2) is 58.0 Å². The van der Waals surface area contributed by atoms with Crippen molar-refractivity contribution in [3.05, 3.63) is 70.5 Å². The fourth-order valence-corrected chi connectivity index (χ4v) is 2.81. The number of benzene rings is 1. The molecule has 4 aromatic rings. The largest absolute Gasteiger partial charge is 0.339 e. The number of amides is 1. The highest BCUT2D eigenvalue weighted by Crippen LogP contribution is 2.18. The van der Waals surface area contributed by atoms with Crippen LogP contribution in [0.25, 0.3) is 22.3 Å². The molecule has 0 bridgehead atoms. The van der Waals surface area contributed by atoms with Gasteiger partial charge in [-0.1, -0.05) is 23.4 Å². The van der Waals surface area contributed by atoms with E-state index in [1.165, 1.54) is 0 Å². The first-order chi connectivity index (χ1) is 13.6. The third-order valence-corrected chi connectivity index (χ3v) is 4.21. The van der Waals surface area contributed by atoms with Gasteiger partial charge in [0.2, 0.25) is 17.6 Å². The predicted molar refractivity (Wildman–Crippen MR) is 104 cm³/mol. The van der Waals surface area contributed by atoms with Crippen LogP contribution in [0.4, 0.5) is 5.82 Å². The zero-order valence-electron chi connectivity index (χ0n) is 15.1. The molecule has 1 aromatic carbocycles. The standard InChI is InChI=1S/C20H17N5O3/c1-12-5-6-13-11-14(20(27)22-15(13)10-12)19-24-18(28-25-19)8-7-17(26)23-16-4-2-3-9-21-16/h2-6,9-11H,7-8H2,1H3,(H,22,27)(H,21,23,26). The Morgan fingerprint density at radius 1 is 1.21 bits per heavy atom. The van der Waals surface area contributed by atoms with Crippen LogP contribution in [-0.2, 0) is 11.2 Å². The number of aromatic nitrogens is 4. The van der Waals surface area contributed by atoms with Crippen molar-refractivity contribution < 1.29 is 9.32 Å². The van der Waals surface area contributed by atoms with Crippen LogP contribution in [0.5, 0.6) is 0 Å². The summed E-state index contributed by atoms with van der Waals surface area (Å²) in [5, 5.41) is 7.45. The molecule has 0 radical (unpaired) electrons. The summed E-state index contributed by atoms with van der Waals surface area (Å²) < 4.78 is 5.20. The zero-order valence-corrected chi connectivity index (χ0v) is 15.1. The number of carbonyl (C=O) groups excluding carboxylic acids is 1. The van der Waals surface area contributed by atoms with Crippen molar-refractivity contribution in [3.63, 3.8) is 0 Å². The molecule has 28 heavy (non-hydrogen) atoms. The number of aromatic amines is 1. The van der Waals surface area contributed by atoms with Gasteiger partial charge in [0.25, 0.3) is 5.56 Å². The number of carbonyl (C=O) groups is 1. The lowest BCUT2D eigenvalue weighted by atomic mass is 10.1. The number of aryl methyl sites for hydroxylation is 2. The third kappa shape index (κ3) is 3.80. The summed E-state index contributed by atoms with van der Waals surface area (Å²) in [5.74, 6) is 0.757. The van der Waals surface area contributed by atoms with Crippen LogP contribution < -0.4 is 10.9 Å². The smallest absolute Gasteiger partial charge is 0.259 e. The lowest BCUT2D eigenvalue weighted by Gasteiger charge is -2.02. The molecular formula is C20H17N5O3. The molecule has 0 saturated carbocycles. The Hall–Kier alpha value is -3.81. The van der Waals surface area contributed by atoms with Crippen molar-refractivity contribution in [2.45, 2.75) is 19.8 Å². The average Bonchev–Trinajstić information content (AvgIpc) is 3.15. The number of rotatable bonds is 5. The second-order valence-electron chi connectivity index (χ2n) is 6.38. The van der Waals surface area contributed by atoms with Gasteiger partial charge >= 0.3 is 0 Å². The van der Waals surface area contributed by atoms with Gasteiger partial charge in [-0.05, 0) is 42.1 Å². The van der Waals surface area contributed by atoms with Crippen molar-refractivity contribution in [1.82, 2.24) is 20.1 Å². The van der Waals surface area contributed by atoms with E-state index in [-0.39, 0.29) is 36.0 Å². The van der Waals surface area contributed by atoms with Crippen LogP contribution in [0.2, 0.25) is 0 Å². The van der Waals surface area contributed by atoms with Gasteiger partial charge in [0, 0.05) is 24.6 Å². The van der Waals surface area contributed by atoms with Gasteiger partial charge < -0.3 is 14.8 Å². The Bertz CT molecular complexity index is 1200. The lowest BCUT2D eigenvalue weighted by molar-refractivity contribution is -0.116. The molecule has 2 N–H and O–H groups in total. The van der Waals surface area contributed by atoms with E-state index < -0.39 is 0 Å². The molecule has 3 aromatic heterocycles. The molecule has 4 rings (SSSR count). The second kappa shape index (κ2) is 7.43. The van der Waals surface area contributed by atoms with Gasteiger partial charge in [0.1, 0.15) is 5.82 Å². The molecule has 0 saturated heterocycles. The highest BCUT2D eigenvalue weighted by atomic mass is 16.5. The molecule has 0 aliphatic carbocycles. The Morgan fingerprint density at radius 3 is 2.93 bits per heavy atom. The summed E-state index contributed by atoms with van der Waals surface area (Å²) in [7, 11) is 0. The van der Waals surface area contributed by atoms with Crippen molar-refractivity contribution in [1.29, 1.82) is 0 Å². The minimum atomic E-state index is -0.293.